The minimum absolute atomic E-state index is 0.0127. The highest BCUT2D eigenvalue weighted by molar-refractivity contribution is 5.96. The molecule has 5 rings (SSSR count). The van der Waals surface area contributed by atoms with Crippen LogP contribution in [0, 0.1) is 34.5 Å². The Morgan fingerprint density at radius 1 is 1.08 bits per heavy atom. The van der Waals surface area contributed by atoms with Crippen molar-refractivity contribution >= 4 is 17.5 Å². The minimum atomic E-state index is -0.432. The molecule has 0 spiro atoms. The second-order valence-corrected chi connectivity index (χ2v) is 9.96. The second-order valence-electron chi connectivity index (χ2n) is 9.96. The first-order valence-corrected chi connectivity index (χ1v) is 10.4. The van der Waals surface area contributed by atoms with E-state index in [1.165, 1.54) is 12.8 Å². The third-order valence-corrected chi connectivity index (χ3v) is 8.41. The summed E-state index contributed by atoms with van der Waals surface area (Å²) in [7, 11) is 0. The molecular weight excluding hydrogens is 326 g/mol. The Bertz CT molecular complexity index is 736. The van der Waals surface area contributed by atoms with E-state index in [1.807, 2.05) is 11.8 Å². The predicted octanol–water partition coefficient (Wildman–Crippen LogP) is 3.50. The number of ketones is 2. The number of nitrogens with zero attached hydrogens (tertiary/aromatic N) is 1. The van der Waals surface area contributed by atoms with E-state index in [9.17, 15) is 14.4 Å². The molecule has 0 bridgehead atoms. The molecule has 140 valence electrons. The molecule has 0 aromatic heterocycles. The van der Waals surface area contributed by atoms with Crippen molar-refractivity contribution in [3.8, 4) is 0 Å². The molecule has 5 aliphatic rings. The standard InChI is InChI=1S/C22H29NO3/c1-21-10-9-19(26)23(12-13-3-4-13)17(21)7-5-14-15-6-8-18(25)22(15,2)11-16(24)20(14)21/h7,13-15,20H,3-6,8-12H2,1-2H3/t14-,15-,20+,21?,22?/m0/s1. The van der Waals surface area contributed by atoms with Crippen LogP contribution in [0.4, 0.5) is 0 Å². The van der Waals surface area contributed by atoms with Crippen LogP contribution in [0.3, 0.4) is 0 Å². The van der Waals surface area contributed by atoms with E-state index in [4.69, 9.17) is 0 Å². The maximum Gasteiger partial charge on any atom is 0.226 e. The summed E-state index contributed by atoms with van der Waals surface area (Å²) in [5, 5.41) is 0. The van der Waals surface area contributed by atoms with Crippen LogP contribution in [0.25, 0.3) is 0 Å². The number of amides is 1. The van der Waals surface area contributed by atoms with Crippen LogP contribution < -0.4 is 0 Å². The van der Waals surface area contributed by atoms with Crippen molar-refractivity contribution in [1.82, 2.24) is 4.90 Å². The topological polar surface area (TPSA) is 54.5 Å². The molecule has 1 aliphatic heterocycles. The van der Waals surface area contributed by atoms with E-state index in [0.29, 0.717) is 36.9 Å². The van der Waals surface area contributed by atoms with Crippen molar-refractivity contribution < 1.29 is 14.4 Å². The van der Waals surface area contributed by atoms with Gasteiger partial charge in [0.2, 0.25) is 5.91 Å². The average Bonchev–Trinajstić information content (AvgIpc) is 3.35. The number of piperidine rings is 1. The van der Waals surface area contributed by atoms with Crippen LogP contribution in [-0.4, -0.2) is 28.9 Å². The van der Waals surface area contributed by atoms with Gasteiger partial charge in [0.15, 0.2) is 0 Å². The van der Waals surface area contributed by atoms with Gasteiger partial charge in [0.1, 0.15) is 11.6 Å². The SMILES string of the molecule is CC12CC(=O)[C@H]3[C@@H](CC=C4N(CC5CC5)C(=O)CCC43C)[C@@H]1CCC2=O. The Morgan fingerprint density at radius 2 is 1.85 bits per heavy atom. The first-order chi connectivity index (χ1) is 12.3. The highest BCUT2D eigenvalue weighted by atomic mass is 16.2. The first-order valence-electron chi connectivity index (χ1n) is 10.4. The van der Waals surface area contributed by atoms with E-state index in [-0.39, 0.29) is 28.9 Å². The normalized spacial score (nSPS) is 45.2. The molecule has 26 heavy (non-hydrogen) atoms. The Balaban J connectivity index is 1.54. The highest BCUT2D eigenvalue weighted by Crippen LogP contribution is 2.62. The summed E-state index contributed by atoms with van der Waals surface area (Å²) in [5.41, 5.74) is 0.469. The Morgan fingerprint density at radius 3 is 2.58 bits per heavy atom. The number of hydrogen-bond acceptors (Lipinski definition) is 3. The summed E-state index contributed by atoms with van der Waals surface area (Å²) in [4.78, 5) is 40.5. The molecule has 1 saturated heterocycles. The van der Waals surface area contributed by atoms with Gasteiger partial charge in [-0.1, -0.05) is 19.9 Å². The molecular formula is C22H29NO3. The Labute approximate surface area is 155 Å². The van der Waals surface area contributed by atoms with E-state index in [0.717, 1.165) is 31.5 Å². The molecule has 1 heterocycles. The lowest BCUT2D eigenvalue weighted by Crippen LogP contribution is -2.57. The van der Waals surface area contributed by atoms with Crippen molar-refractivity contribution in [2.75, 3.05) is 6.54 Å². The zero-order valence-corrected chi connectivity index (χ0v) is 15.9. The molecule has 4 aliphatic carbocycles. The average molecular weight is 355 g/mol. The molecule has 2 unspecified atom stereocenters. The van der Waals surface area contributed by atoms with Gasteiger partial charge in [0.25, 0.3) is 0 Å². The van der Waals surface area contributed by atoms with E-state index in [1.54, 1.807) is 0 Å². The van der Waals surface area contributed by atoms with Crippen molar-refractivity contribution in [3.63, 3.8) is 0 Å². The van der Waals surface area contributed by atoms with Gasteiger partial charge in [-0.05, 0) is 49.9 Å². The third kappa shape index (κ3) is 2.10. The monoisotopic (exact) mass is 355 g/mol. The first kappa shape index (κ1) is 16.7. The van der Waals surface area contributed by atoms with Gasteiger partial charge in [0.05, 0.1) is 0 Å². The zero-order chi connectivity index (χ0) is 18.3. The fourth-order valence-electron chi connectivity index (χ4n) is 6.82. The summed E-state index contributed by atoms with van der Waals surface area (Å²) in [6, 6.07) is 0. The largest absolute Gasteiger partial charge is 0.316 e. The summed E-state index contributed by atoms with van der Waals surface area (Å²) in [6.07, 6.45) is 8.89. The summed E-state index contributed by atoms with van der Waals surface area (Å²) >= 11 is 0. The molecule has 0 N–H and O–H groups in total. The molecule has 1 amide bonds. The van der Waals surface area contributed by atoms with Crippen LogP contribution in [0.15, 0.2) is 11.8 Å². The van der Waals surface area contributed by atoms with Crippen molar-refractivity contribution in [1.29, 1.82) is 0 Å². The number of hydrogen-bond donors (Lipinski definition) is 0. The number of Topliss-reactive ketones (excluding diaryl/α,β-unsaturated/α-hetero) is 2. The van der Waals surface area contributed by atoms with E-state index >= 15 is 0 Å². The lowest BCUT2D eigenvalue weighted by Gasteiger charge is -2.56. The number of fused-ring (bicyclic) bond motifs is 5. The van der Waals surface area contributed by atoms with Crippen LogP contribution in [0.5, 0.6) is 0 Å². The van der Waals surface area contributed by atoms with Gasteiger partial charge in [-0.2, -0.15) is 0 Å². The molecule has 4 heteroatoms. The fraction of sp³-hybridized carbons (Fsp3) is 0.773. The smallest absolute Gasteiger partial charge is 0.226 e. The van der Waals surface area contributed by atoms with E-state index < -0.39 is 5.41 Å². The lowest BCUT2D eigenvalue weighted by atomic mass is 9.49. The zero-order valence-electron chi connectivity index (χ0n) is 15.9. The number of carbonyl (C=O) groups excluding carboxylic acids is 3. The highest BCUT2D eigenvalue weighted by Gasteiger charge is 2.62. The van der Waals surface area contributed by atoms with Crippen LogP contribution in [0.1, 0.15) is 65.2 Å². The second kappa shape index (κ2) is 5.30. The van der Waals surface area contributed by atoms with Gasteiger partial charge < -0.3 is 4.90 Å². The third-order valence-electron chi connectivity index (χ3n) is 8.41. The molecule has 3 saturated carbocycles. The van der Waals surface area contributed by atoms with Crippen molar-refractivity contribution in [3.05, 3.63) is 11.8 Å². The van der Waals surface area contributed by atoms with Crippen molar-refractivity contribution in [2.45, 2.75) is 65.2 Å². The maximum atomic E-state index is 13.3. The predicted molar refractivity (Wildman–Crippen MR) is 96.9 cm³/mol. The summed E-state index contributed by atoms with van der Waals surface area (Å²) in [6.45, 7) is 5.09. The Hall–Kier alpha value is -1.45. The van der Waals surface area contributed by atoms with Crippen LogP contribution in [-0.2, 0) is 14.4 Å². The molecule has 0 aromatic carbocycles. The summed E-state index contributed by atoms with van der Waals surface area (Å²) in [5.74, 6) is 2.06. The van der Waals surface area contributed by atoms with Gasteiger partial charge in [-0.3, -0.25) is 14.4 Å². The van der Waals surface area contributed by atoms with Crippen LogP contribution in [0.2, 0.25) is 0 Å². The molecule has 0 aromatic rings. The van der Waals surface area contributed by atoms with Gasteiger partial charge in [-0.15, -0.1) is 0 Å². The number of likely N-dealkylation sites (tertiary alicyclic amines) is 1. The quantitative estimate of drug-likeness (QED) is 0.762. The molecule has 4 nitrogen and oxygen atoms in total. The summed E-state index contributed by atoms with van der Waals surface area (Å²) < 4.78 is 0. The number of rotatable bonds is 2. The van der Waals surface area contributed by atoms with Crippen LogP contribution >= 0.6 is 0 Å². The number of allylic oxidation sites excluding steroid dienone is 2. The Kier molecular flexibility index (Phi) is 3.40. The fourth-order valence-corrected chi connectivity index (χ4v) is 6.82. The van der Waals surface area contributed by atoms with Gasteiger partial charge in [-0.25, -0.2) is 0 Å². The molecule has 0 radical (unpaired) electrons. The maximum absolute atomic E-state index is 13.3. The van der Waals surface area contributed by atoms with Gasteiger partial charge in [0, 0.05) is 48.3 Å². The minimum Gasteiger partial charge on any atom is -0.316 e. The molecule has 4 fully saturated rings. The number of carbonyl (C=O) groups is 3. The lowest BCUT2D eigenvalue weighted by molar-refractivity contribution is -0.152. The van der Waals surface area contributed by atoms with Gasteiger partial charge >= 0.3 is 0 Å². The van der Waals surface area contributed by atoms with E-state index in [2.05, 4.69) is 13.0 Å². The van der Waals surface area contributed by atoms with Crippen molar-refractivity contribution in [2.24, 2.45) is 34.5 Å². The molecule has 5 atom stereocenters.